The first-order chi connectivity index (χ1) is 13.1. The van der Waals surface area contributed by atoms with E-state index in [-0.39, 0.29) is 41.5 Å². The van der Waals surface area contributed by atoms with E-state index in [1.807, 2.05) is 0 Å². The van der Waals surface area contributed by atoms with Gasteiger partial charge in [-0.1, -0.05) is 48.5 Å². The van der Waals surface area contributed by atoms with E-state index in [0.29, 0.717) is 11.1 Å². The molecule has 0 bridgehead atoms. The average Bonchev–Trinajstić information content (AvgIpc) is 2.67. The van der Waals surface area contributed by atoms with Gasteiger partial charge in [-0.25, -0.2) is 0 Å². The molecular weight excluding hydrogens is 415 g/mol. The fourth-order valence-electron chi connectivity index (χ4n) is 1.74. The van der Waals surface area contributed by atoms with Crippen LogP contribution in [0.15, 0.2) is 58.5 Å². The molecule has 2 rings (SSSR count). The van der Waals surface area contributed by atoms with Crippen molar-refractivity contribution in [3.05, 3.63) is 59.7 Å². The number of hydrogen-bond donors (Lipinski definition) is 2. The van der Waals surface area contributed by atoms with Crippen LogP contribution < -0.4 is 10.2 Å². The summed E-state index contributed by atoms with van der Waals surface area (Å²) in [5.41, 5.74) is 0.0490. The third-order valence-electron chi connectivity index (χ3n) is 3.72. The molecular formula is C22H28CoN2O4. The van der Waals surface area contributed by atoms with E-state index >= 15 is 0 Å². The number of hydrogen-bond acceptors (Lipinski definition) is 6. The van der Waals surface area contributed by atoms with Crippen molar-refractivity contribution in [2.45, 2.75) is 38.8 Å². The predicted octanol–water partition coefficient (Wildman–Crippen LogP) is 1.90. The van der Waals surface area contributed by atoms with E-state index in [4.69, 9.17) is 10.2 Å². The second kappa shape index (κ2) is 12.4. The van der Waals surface area contributed by atoms with Gasteiger partial charge in [0.1, 0.15) is 0 Å². The molecule has 7 heteroatoms. The maximum atomic E-state index is 11.3. The number of rotatable bonds is 6. The summed E-state index contributed by atoms with van der Waals surface area (Å²) in [5, 5.41) is 40.4. The zero-order valence-corrected chi connectivity index (χ0v) is 18.2. The number of aliphatic hydroxyl groups excluding tert-OH is 2. The van der Waals surface area contributed by atoms with Crippen molar-refractivity contribution in [2.24, 2.45) is 9.98 Å². The Balaban J connectivity index is 0.000000523. The van der Waals surface area contributed by atoms with E-state index in [1.54, 1.807) is 64.1 Å². The molecule has 6 nitrogen and oxygen atoms in total. The normalized spacial score (nSPS) is 11.8. The summed E-state index contributed by atoms with van der Waals surface area (Å²) in [6.45, 7) is 7.14. The van der Waals surface area contributed by atoms with Gasteiger partial charge in [0.25, 0.3) is 0 Å². The first-order valence-electron chi connectivity index (χ1n) is 8.94. The summed E-state index contributed by atoms with van der Waals surface area (Å²) in [5.74, 6) is -0.102. The van der Waals surface area contributed by atoms with Crippen molar-refractivity contribution >= 4 is 12.4 Å². The van der Waals surface area contributed by atoms with Gasteiger partial charge in [0.05, 0.1) is 24.3 Å². The zero-order valence-electron chi connectivity index (χ0n) is 17.1. The van der Waals surface area contributed by atoms with Gasteiger partial charge in [0.15, 0.2) is 0 Å². The van der Waals surface area contributed by atoms with Crippen molar-refractivity contribution < 1.29 is 37.2 Å². The Morgan fingerprint density at radius 1 is 0.724 bits per heavy atom. The van der Waals surface area contributed by atoms with E-state index in [0.717, 1.165) is 0 Å². The first kappa shape index (κ1) is 26.8. The second-order valence-corrected chi connectivity index (χ2v) is 7.53. The molecule has 2 aromatic rings. The van der Waals surface area contributed by atoms with Crippen LogP contribution >= 0.6 is 0 Å². The van der Waals surface area contributed by atoms with Gasteiger partial charge in [-0.3, -0.25) is 9.98 Å². The molecule has 0 aliphatic carbocycles. The molecule has 0 aliphatic heterocycles. The largest absolute Gasteiger partial charge is 2.00 e. The predicted molar refractivity (Wildman–Crippen MR) is 109 cm³/mol. The fourth-order valence-corrected chi connectivity index (χ4v) is 1.74. The summed E-state index contributed by atoms with van der Waals surface area (Å²) in [7, 11) is 0. The third kappa shape index (κ3) is 10.2. The molecule has 2 aromatic carbocycles. The monoisotopic (exact) mass is 443 g/mol. The Morgan fingerprint density at radius 2 is 1.03 bits per heavy atom. The van der Waals surface area contributed by atoms with Crippen LogP contribution in [0.4, 0.5) is 0 Å². The summed E-state index contributed by atoms with van der Waals surface area (Å²) in [6, 6.07) is 13.4. The molecule has 29 heavy (non-hydrogen) atoms. The van der Waals surface area contributed by atoms with Gasteiger partial charge in [-0.15, -0.1) is 11.5 Å². The number of para-hydroxylation sites is 2. The number of benzene rings is 2. The van der Waals surface area contributed by atoms with E-state index < -0.39 is 11.1 Å². The molecule has 0 atom stereocenters. The Morgan fingerprint density at radius 3 is 1.31 bits per heavy atom. The summed E-state index contributed by atoms with van der Waals surface area (Å²) in [6.07, 6.45) is 3.02. The molecule has 0 unspecified atom stereocenters. The van der Waals surface area contributed by atoms with Gasteiger partial charge >= 0.3 is 16.8 Å². The van der Waals surface area contributed by atoms with E-state index in [1.165, 1.54) is 24.6 Å². The van der Waals surface area contributed by atoms with E-state index in [2.05, 4.69) is 9.98 Å². The minimum absolute atomic E-state index is 0. The number of aliphatic hydroxyl groups is 2. The van der Waals surface area contributed by atoms with Gasteiger partial charge < -0.3 is 20.4 Å². The fraction of sp³-hybridized carbons (Fsp3) is 0.364. The van der Waals surface area contributed by atoms with Crippen LogP contribution in [0.1, 0.15) is 38.8 Å². The minimum Gasteiger partial charge on any atom is -0.872 e. The van der Waals surface area contributed by atoms with Crippen molar-refractivity contribution in [2.75, 3.05) is 13.2 Å². The Kier molecular flexibility index (Phi) is 11.4. The molecule has 2 N–H and O–H groups in total. The van der Waals surface area contributed by atoms with Gasteiger partial charge in [0, 0.05) is 12.4 Å². The van der Waals surface area contributed by atoms with Crippen molar-refractivity contribution in [3.8, 4) is 11.5 Å². The van der Waals surface area contributed by atoms with Gasteiger partial charge in [-0.2, -0.15) is 0 Å². The summed E-state index contributed by atoms with van der Waals surface area (Å²) in [4.78, 5) is 8.26. The van der Waals surface area contributed by atoms with Crippen LogP contribution in [0.2, 0.25) is 0 Å². The summed E-state index contributed by atoms with van der Waals surface area (Å²) < 4.78 is 0. The summed E-state index contributed by atoms with van der Waals surface area (Å²) >= 11 is 0. The molecule has 159 valence electrons. The molecule has 0 aliphatic rings. The second-order valence-electron chi connectivity index (χ2n) is 7.53. The average molecular weight is 443 g/mol. The smallest absolute Gasteiger partial charge is 0.872 e. The molecule has 1 radical (unpaired) electrons. The number of aliphatic imine (C=N–C) groups is 2. The SMILES string of the molecule is CC(C)(CO)N=Cc1ccccc1[O-].CC(C)(CO)N=Cc1ccccc1[O-].[Co+2]. The molecule has 0 saturated carbocycles. The third-order valence-corrected chi connectivity index (χ3v) is 3.72. The maximum absolute atomic E-state index is 11.3. The molecule has 0 heterocycles. The quantitative estimate of drug-likeness (QED) is 0.664. The van der Waals surface area contributed by atoms with Crippen LogP contribution in [0.25, 0.3) is 0 Å². The zero-order chi connectivity index (χ0) is 21.2. The van der Waals surface area contributed by atoms with Crippen molar-refractivity contribution in [3.63, 3.8) is 0 Å². The van der Waals surface area contributed by atoms with Crippen LogP contribution in [-0.2, 0) is 16.8 Å². The molecule has 0 spiro atoms. The first-order valence-corrected chi connectivity index (χ1v) is 8.94. The molecule has 0 aromatic heterocycles. The van der Waals surface area contributed by atoms with Crippen molar-refractivity contribution in [1.29, 1.82) is 0 Å². The van der Waals surface area contributed by atoms with Crippen molar-refractivity contribution in [1.82, 2.24) is 0 Å². The molecule has 0 saturated heterocycles. The van der Waals surface area contributed by atoms with Crippen LogP contribution in [-0.4, -0.2) is 46.9 Å². The Labute approximate surface area is 182 Å². The molecule has 0 fully saturated rings. The van der Waals surface area contributed by atoms with Crippen LogP contribution in [0, 0.1) is 0 Å². The Hall–Kier alpha value is -2.19. The number of nitrogens with zero attached hydrogens (tertiary/aromatic N) is 2. The van der Waals surface area contributed by atoms with Crippen LogP contribution in [0.3, 0.4) is 0 Å². The van der Waals surface area contributed by atoms with Gasteiger partial charge in [-0.05, 0) is 38.8 Å². The minimum atomic E-state index is -0.526. The maximum Gasteiger partial charge on any atom is 2.00 e. The topological polar surface area (TPSA) is 111 Å². The Bertz CT molecular complexity index is 737. The van der Waals surface area contributed by atoms with Crippen LogP contribution in [0.5, 0.6) is 11.5 Å². The van der Waals surface area contributed by atoms with Gasteiger partial charge in [0.2, 0.25) is 0 Å². The van der Waals surface area contributed by atoms with E-state index in [9.17, 15) is 10.2 Å². The standard InChI is InChI=1S/2C11H15NO2.Co/c2*1-11(2,8-13)12-7-9-5-3-4-6-10(9)14;/h2*3-7,13-14H,8H2,1-2H3;/q;;+2/p-2. The molecule has 0 amide bonds.